The Labute approximate surface area is 132 Å². The van der Waals surface area contributed by atoms with Crippen LogP contribution < -0.4 is 11.1 Å². The zero-order chi connectivity index (χ0) is 15.6. The molecule has 1 aromatic carbocycles. The van der Waals surface area contributed by atoms with Gasteiger partial charge in [0.1, 0.15) is 5.82 Å². The lowest BCUT2D eigenvalue weighted by molar-refractivity contribution is 0.103. The normalized spacial score (nSPS) is 11.5. The van der Waals surface area contributed by atoms with Crippen molar-refractivity contribution in [2.75, 3.05) is 5.32 Å². The third kappa shape index (κ3) is 3.40. The van der Waals surface area contributed by atoms with Crippen LogP contribution in [0, 0.1) is 12.7 Å². The Kier molecular flexibility index (Phi) is 4.59. The van der Waals surface area contributed by atoms with Crippen LogP contribution in [0.3, 0.4) is 0 Å². The molecule has 0 aliphatic carbocycles. The lowest BCUT2D eigenvalue weighted by Gasteiger charge is -2.06. The molecule has 0 saturated heterocycles. The summed E-state index contributed by atoms with van der Waals surface area (Å²) in [5.74, 6) is -1.27. The van der Waals surface area contributed by atoms with Crippen LogP contribution in [-0.2, 0) is 0 Å². The van der Waals surface area contributed by atoms with Crippen LogP contribution in [0.25, 0.3) is 0 Å². The van der Waals surface area contributed by atoms with Crippen molar-refractivity contribution in [3.63, 3.8) is 0 Å². The van der Waals surface area contributed by atoms with E-state index in [-0.39, 0.29) is 17.1 Å². The number of nitrogens with one attached hydrogen (secondary N) is 1. The van der Waals surface area contributed by atoms with E-state index in [4.69, 9.17) is 10.9 Å². The smallest absolute Gasteiger partial charge is 0.265 e. The molecule has 0 aliphatic heterocycles. The van der Waals surface area contributed by atoms with E-state index in [9.17, 15) is 9.18 Å². The van der Waals surface area contributed by atoms with Gasteiger partial charge in [-0.15, -0.1) is 11.3 Å². The van der Waals surface area contributed by atoms with Crippen molar-refractivity contribution < 1.29 is 14.4 Å². The number of thiophene rings is 1. The molecule has 0 spiro atoms. The van der Waals surface area contributed by atoms with Crippen LogP contribution in [0.1, 0.15) is 20.8 Å². The number of amides is 1. The number of aryl methyl sites for hydroxylation is 1. The van der Waals surface area contributed by atoms with Gasteiger partial charge in [-0.05, 0) is 52.7 Å². The lowest BCUT2D eigenvalue weighted by Crippen LogP contribution is -2.15. The topological polar surface area (TPSA) is 87.7 Å². The molecule has 2 rings (SSSR count). The zero-order valence-corrected chi connectivity index (χ0v) is 13.3. The fraction of sp³-hybridized carbons (Fsp3) is 0.0769. The summed E-state index contributed by atoms with van der Waals surface area (Å²) in [4.78, 5) is 12.5. The molecule has 0 unspecified atom stereocenters. The third-order valence-electron chi connectivity index (χ3n) is 2.70. The van der Waals surface area contributed by atoms with Gasteiger partial charge in [-0.2, -0.15) is 0 Å². The molecule has 21 heavy (non-hydrogen) atoms. The van der Waals surface area contributed by atoms with Crippen LogP contribution in [0.5, 0.6) is 0 Å². The Hall–Kier alpha value is -1.93. The zero-order valence-electron chi connectivity index (χ0n) is 10.9. The molecule has 5 nitrogen and oxygen atoms in total. The molecule has 0 aliphatic rings. The van der Waals surface area contributed by atoms with E-state index in [0.717, 1.165) is 15.4 Å². The van der Waals surface area contributed by atoms with Crippen LogP contribution in [0.2, 0.25) is 0 Å². The first-order chi connectivity index (χ1) is 9.92. The van der Waals surface area contributed by atoms with Crippen LogP contribution in [0.15, 0.2) is 33.2 Å². The molecule has 1 aromatic heterocycles. The summed E-state index contributed by atoms with van der Waals surface area (Å²) in [6.07, 6.45) is 0. The monoisotopic (exact) mass is 371 g/mol. The maximum absolute atomic E-state index is 13.9. The lowest BCUT2D eigenvalue weighted by atomic mass is 10.2. The average Bonchev–Trinajstić information content (AvgIpc) is 2.80. The van der Waals surface area contributed by atoms with Crippen molar-refractivity contribution in [3.05, 3.63) is 49.9 Å². The van der Waals surface area contributed by atoms with Crippen molar-refractivity contribution >= 4 is 44.7 Å². The number of nitrogens with zero attached hydrogens (tertiary/aromatic N) is 1. The Morgan fingerprint density at radius 1 is 1.48 bits per heavy atom. The highest BCUT2D eigenvalue weighted by atomic mass is 79.9. The van der Waals surface area contributed by atoms with Gasteiger partial charge in [0, 0.05) is 5.56 Å². The van der Waals surface area contributed by atoms with Gasteiger partial charge in [-0.1, -0.05) is 5.16 Å². The van der Waals surface area contributed by atoms with E-state index >= 15 is 0 Å². The first kappa shape index (κ1) is 15.5. The number of hydrogen-bond donors (Lipinski definition) is 3. The highest BCUT2D eigenvalue weighted by Gasteiger charge is 2.14. The number of amidine groups is 1. The van der Waals surface area contributed by atoms with Gasteiger partial charge in [0.25, 0.3) is 5.91 Å². The minimum atomic E-state index is -0.667. The highest BCUT2D eigenvalue weighted by Crippen LogP contribution is 2.28. The predicted octanol–water partition coefficient (Wildman–Crippen LogP) is 3.30. The fourth-order valence-corrected chi connectivity index (χ4v) is 3.02. The van der Waals surface area contributed by atoms with Crippen molar-refractivity contribution in [2.45, 2.75) is 6.92 Å². The minimum Gasteiger partial charge on any atom is -0.409 e. The van der Waals surface area contributed by atoms with Crippen LogP contribution in [-0.4, -0.2) is 17.0 Å². The first-order valence-electron chi connectivity index (χ1n) is 5.77. The standard InChI is InChI=1S/C13H11BrFN3O2S/c1-6-4-10(21-11(6)14)13(19)17-9-3-2-7(5-8(9)15)12(16)18-20/h2-5,20H,1H3,(H2,16,18)(H,17,19). The van der Waals surface area contributed by atoms with E-state index in [1.54, 1.807) is 6.07 Å². The second-order valence-corrected chi connectivity index (χ2v) is 6.57. The van der Waals surface area contributed by atoms with Gasteiger partial charge in [-0.25, -0.2) is 4.39 Å². The summed E-state index contributed by atoms with van der Waals surface area (Å²) in [5, 5.41) is 13.8. The number of carbonyl (C=O) groups excluding carboxylic acids is 1. The van der Waals surface area contributed by atoms with Gasteiger partial charge < -0.3 is 16.3 Å². The maximum atomic E-state index is 13.9. The van der Waals surface area contributed by atoms with Gasteiger partial charge in [-0.3, -0.25) is 4.79 Å². The summed E-state index contributed by atoms with van der Waals surface area (Å²) >= 11 is 4.60. The first-order valence-corrected chi connectivity index (χ1v) is 7.38. The molecule has 0 saturated carbocycles. The average molecular weight is 372 g/mol. The highest BCUT2D eigenvalue weighted by molar-refractivity contribution is 9.11. The summed E-state index contributed by atoms with van der Waals surface area (Å²) in [6.45, 7) is 1.86. The second kappa shape index (κ2) is 6.23. The molecule has 0 fully saturated rings. The summed E-state index contributed by atoms with van der Waals surface area (Å²) in [5.41, 5.74) is 6.55. The summed E-state index contributed by atoms with van der Waals surface area (Å²) in [6, 6.07) is 5.60. The SMILES string of the molecule is Cc1cc(C(=O)Nc2ccc(/C(N)=N/O)cc2F)sc1Br. The molecule has 1 heterocycles. The van der Waals surface area contributed by atoms with Gasteiger partial charge in [0.15, 0.2) is 5.84 Å². The van der Waals surface area contributed by atoms with Crippen LogP contribution >= 0.6 is 27.3 Å². The van der Waals surface area contributed by atoms with Gasteiger partial charge >= 0.3 is 0 Å². The number of benzene rings is 1. The van der Waals surface area contributed by atoms with Crippen LogP contribution in [0.4, 0.5) is 10.1 Å². The molecular formula is C13H11BrFN3O2S. The molecule has 4 N–H and O–H groups in total. The molecule has 110 valence electrons. The molecule has 0 atom stereocenters. The van der Waals surface area contributed by atoms with Crippen molar-refractivity contribution in [1.82, 2.24) is 0 Å². The summed E-state index contributed by atoms with van der Waals surface area (Å²) in [7, 11) is 0. The van der Waals surface area contributed by atoms with Crippen molar-refractivity contribution in [2.24, 2.45) is 10.9 Å². The number of nitrogens with two attached hydrogens (primary N) is 1. The Bertz CT molecular complexity index is 711. The largest absolute Gasteiger partial charge is 0.409 e. The van der Waals surface area contributed by atoms with E-state index in [2.05, 4.69) is 26.4 Å². The Morgan fingerprint density at radius 3 is 2.71 bits per heavy atom. The van der Waals surface area contributed by atoms with Gasteiger partial charge in [0.05, 0.1) is 14.4 Å². The second-order valence-electron chi connectivity index (χ2n) is 4.20. The predicted molar refractivity (Wildman–Crippen MR) is 83.6 cm³/mol. The summed E-state index contributed by atoms with van der Waals surface area (Å²) < 4.78 is 14.8. The molecule has 2 aromatic rings. The number of oxime groups is 1. The molecular weight excluding hydrogens is 361 g/mol. The fourth-order valence-electron chi connectivity index (χ4n) is 1.59. The third-order valence-corrected chi connectivity index (χ3v) is 4.84. The minimum absolute atomic E-state index is 0.0247. The maximum Gasteiger partial charge on any atom is 0.265 e. The Morgan fingerprint density at radius 2 is 2.19 bits per heavy atom. The quantitative estimate of drug-likeness (QED) is 0.334. The van der Waals surface area contributed by atoms with Crippen molar-refractivity contribution in [1.29, 1.82) is 0 Å². The number of anilines is 1. The van der Waals surface area contributed by atoms with E-state index in [0.29, 0.717) is 4.88 Å². The Balaban J connectivity index is 2.22. The van der Waals surface area contributed by atoms with Crippen molar-refractivity contribution in [3.8, 4) is 0 Å². The molecule has 0 bridgehead atoms. The molecule has 0 radical (unpaired) electrons. The van der Waals surface area contributed by atoms with Gasteiger partial charge in [0.2, 0.25) is 0 Å². The van der Waals surface area contributed by atoms with E-state index < -0.39 is 11.7 Å². The number of halogens is 2. The molecule has 8 heteroatoms. The van der Waals surface area contributed by atoms with E-state index in [1.807, 2.05) is 6.92 Å². The number of rotatable bonds is 3. The van der Waals surface area contributed by atoms with E-state index in [1.165, 1.54) is 23.5 Å². The number of hydrogen-bond acceptors (Lipinski definition) is 4. The molecule has 1 amide bonds. The number of carbonyl (C=O) groups is 1.